The minimum atomic E-state index is -0.214. The van der Waals surface area contributed by atoms with E-state index in [1.54, 1.807) is 48.5 Å². The molecule has 6 nitrogen and oxygen atoms in total. The standard InChI is InChI=1S/C22H26N2O4/c1-2-13-23-21(25)16-5-9-18(10-6-16)24-22(26)17-7-11-19(12-8-17)28-15-20-4-3-14-27-20/h5-12,20H,2-4,13-15H2,1H3,(H,23,25)(H,24,26). The number of ether oxygens (including phenoxy) is 2. The molecule has 148 valence electrons. The molecule has 1 unspecified atom stereocenters. The number of carbonyl (C=O) groups is 2. The lowest BCUT2D eigenvalue weighted by Gasteiger charge is -2.12. The average Bonchev–Trinajstić information content (AvgIpc) is 3.25. The molecule has 0 radical (unpaired) electrons. The third-order valence-electron chi connectivity index (χ3n) is 4.52. The molecule has 0 spiro atoms. The summed E-state index contributed by atoms with van der Waals surface area (Å²) in [6.07, 6.45) is 3.16. The summed E-state index contributed by atoms with van der Waals surface area (Å²) in [5.41, 5.74) is 1.74. The van der Waals surface area contributed by atoms with Gasteiger partial charge in [-0.3, -0.25) is 9.59 Å². The van der Waals surface area contributed by atoms with Crippen molar-refractivity contribution in [2.45, 2.75) is 32.3 Å². The molecule has 2 N–H and O–H groups in total. The van der Waals surface area contributed by atoms with Crippen LogP contribution in [-0.2, 0) is 4.74 Å². The van der Waals surface area contributed by atoms with E-state index >= 15 is 0 Å². The second-order valence-corrected chi connectivity index (χ2v) is 6.76. The SMILES string of the molecule is CCCNC(=O)c1ccc(NC(=O)c2ccc(OCC3CCCO3)cc2)cc1. The number of anilines is 1. The number of carbonyl (C=O) groups excluding carboxylic acids is 2. The van der Waals surface area contributed by atoms with Crippen molar-refractivity contribution in [3.8, 4) is 5.75 Å². The molecule has 28 heavy (non-hydrogen) atoms. The molecule has 1 fully saturated rings. The van der Waals surface area contributed by atoms with E-state index < -0.39 is 0 Å². The Hall–Kier alpha value is -2.86. The molecule has 2 amide bonds. The highest BCUT2D eigenvalue weighted by molar-refractivity contribution is 6.04. The number of nitrogens with one attached hydrogen (secondary N) is 2. The van der Waals surface area contributed by atoms with Gasteiger partial charge in [0, 0.05) is 30.0 Å². The van der Waals surface area contributed by atoms with Gasteiger partial charge in [0.05, 0.1) is 6.10 Å². The van der Waals surface area contributed by atoms with Crippen molar-refractivity contribution in [2.24, 2.45) is 0 Å². The Morgan fingerprint density at radius 3 is 2.36 bits per heavy atom. The molecule has 1 atom stereocenters. The molecule has 1 aliphatic rings. The molecular weight excluding hydrogens is 356 g/mol. The molecule has 1 heterocycles. The van der Waals surface area contributed by atoms with E-state index in [4.69, 9.17) is 9.47 Å². The molecule has 6 heteroatoms. The van der Waals surface area contributed by atoms with Crippen LogP contribution in [0.2, 0.25) is 0 Å². The van der Waals surface area contributed by atoms with Crippen molar-refractivity contribution in [3.63, 3.8) is 0 Å². The Labute approximate surface area is 165 Å². The van der Waals surface area contributed by atoms with Gasteiger partial charge in [0.2, 0.25) is 0 Å². The van der Waals surface area contributed by atoms with Crippen LogP contribution < -0.4 is 15.4 Å². The van der Waals surface area contributed by atoms with Crippen LogP contribution in [-0.4, -0.2) is 37.7 Å². The predicted molar refractivity (Wildman–Crippen MR) is 108 cm³/mol. The molecule has 1 saturated heterocycles. The van der Waals surface area contributed by atoms with Crippen molar-refractivity contribution >= 4 is 17.5 Å². The summed E-state index contributed by atoms with van der Waals surface area (Å²) in [6, 6.07) is 13.9. The van der Waals surface area contributed by atoms with Gasteiger partial charge in [-0.05, 0) is 67.8 Å². The molecule has 1 aliphatic heterocycles. The van der Waals surface area contributed by atoms with Gasteiger partial charge >= 0.3 is 0 Å². The third kappa shape index (κ3) is 5.57. The molecule has 3 rings (SSSR count). The lowest BCUT2D eigenvalue weighted by atomic mass is 10.1. The van der Waals surface area contributed by atoms with Crippen molar-refractivity contribution in [3.05, 3.63) is 59.7 Å². The second-order valence-electron chi connectivity index (χ2n) is 6.76. The number of benzene rings is 2. The van der Waals surface area contributed by atoms with E-state index in [1.165, 1.54) is 0 Å². The number of hydrogen-bond acceptors (Lipinski definition) is 4. The van der Waals surface area contributed by atoms with Gasteiger partial charge in [0.25, 0.3) is 11.8 Å². The Morgan fingerprint density at radius 1 is 1.04 bits per heavy atom. The summed E-state index contributed by atoms with van der Waals surface area (Å²) in [6.45, 7) is 3.98. The van der Waals surface area contributed by atoms with Crippen LogP contribution in [0.3, 0.4) is 0 Å². The summed E-state index contributed by atoms with van der Waals surface area (Å²) < 4.78 is 11.2. The first-order chi connectivity index (χ1) is 13.7. The highest BCUT2D eigenvalue weighted by atomic mass is 16.5. The van der Waals surface area contributed by atoms with Crippen LogP contribution in [0.4, 0.5) is 5.69 Å². The van der Waals surface area contributed by atoms with E-state index in [0.29, 0.717) is 30.0 Å². The van der Waals surface area contributed by atoms with Gasteiger partial charge < -0.3 is 20.1 Å². The van der Waals surface area contributed by atoms with Crippen LogP contribution in [0.25, 0.3) is 0 Å². The topological polar surface area (TPSA) is 76.7 Å². The third-order valence-corrected chi connectivity index (χ3v) is 4.52. The van der Waals surface area contributed by atoms with Crippen LogP contribution in [0.1, 0.15) is 46.9 Å². The Morgan fingerprint density at radius 2 is 1.71 bits per heavy atom. The Bertz CT molecular complexity index is 781. The quantitative estimate of drug-likeness (QED) is 0.731. The smallest absolute Gasteiger partial charge is 0.255 e. The predicted octanol–water partition coefficient (Wildman–Crippen LogP) is 3.64. The number of rotatable bonds is 8. The summed E-state index contributed by atoms with van der Waals surface area (Å²) in [7, 11) is 0. The van der Waals surface area contributed by atoms with Crippen LogP contribution in [0.5, 0.6) is 5.75 Å². The van der Waals surface area contributed by atoms with E-state index in [1.807, 2.05) is 6.92 Å². The largest absolute Gasteiger partial charge is 0.491 e. The van der Waals surface area contributed by atoms with Crippen molar-refractivity contribution in [1.29, 1.82) is 0 Å². The van der Waals surface area contributed by atoms with Gasteiger partial charge in [-0.15, -0.1) is 0 Å². The molecule has 0 saturated carbocycles. The zero-order valence-electron chi connectivity index (χ0n) is 16.1. The fourth-order valence-corrected chi connectivity index (χ4v) is 2.92. The first kappa shape index (κ1) is 19.9. The molecule has 0 bridgehead atoms. The highest BCUT2D eigenvalue weighted by Crippen LogP contribution is 2.18. The van der Waals surface area contributed by atoms with Crippen molar-refractivity contribution < 1.29 is 19.1 Å². The first-order valence-electron chi connectivity index (χ1n) is 9.70. The van der Waals surface area contributed by atoms with Gasteiger partial charge in [0.15, 0.2) is 0 Å². The maximum Gasteiger partial charge on any atom is 0.255 e. The summed E-state index contributed by atoms with van der Waals surface area (Å²) in [5.74, 6) is 0.390. The van der Waals surface area contributed by atoms with Gasteiger partial charge in [-0.25, -0.2) is 0 Å². The fraction of sp³-hybridized carbons (Fsp3) is 0.364. The number of hydrogen-bond donors (Lipinski definition) is 2. The van der Waals surface area contributed by atoms with Gasteiger partial charge in [0.1, 0.15) is 12.4 Å². The lowest BCUT2D eigenvalue weighted by Crippen LogP contribution is -2.23. The van der Waals surface area contributed by atoms with Crippen molar-refractivity contribution in [1.82, 2.24) is 5.32 Å². The zero-order chi connectivity index (χ0) is 19.8. The minimum absolute atomic E-state index is 0.113. The maximum atomic E-state index is 12.4. The molecule has 0 aromatic heterocycles. The maximum absolute atomic E-state index is 12.4. The van der Waals surface area contributed by atoms with E-state index in [2.05, 4.69) is 10.6 Å². The molecular formula is C22H26N2O4. The van der Waals surface area contributed by atoms with Crippen molar-refractivity contribution in [2.75, 3.05) is 25.1 Å². The summed E-state index contributed by atoms with van der Waals surface area (Å²) >= 11 is 0. The molecule has 2 aromatic carbocycles. The Balaban J connectivity index is 1.51. The van der Waals surface area contributed by atoms with E-state index in [-0.39, 0.29) is 17.9 Å². The monoisotopic (exact) mass is 382 g/mol. The van der Waals surface area contributed by atoms with Crippen LogP contribution in [0, 0.1) is 0 Å². The zero-order valence-corrected chi connectivity index (χ0v) is 16.1. The van der Waals surface area contributed by atoms with Crippen LogP contribution in [0.15, 0.2) is 48.5 Å². The lowest BCUT2D eigenvalue weighted by molar-refractivity contribution is 0.0679. The Kier molecular flexibility index (Phi) is 7.03. The van der Waals surface area contributed by atoms with Crippen LogP contribution >= 0.6 is 0 Å². The highest BCUT2D eigenvalue weighted by Gasteiger charge is 2.16. The average molecular weight is 382 g/mol. The number of amides is 2. The van der Waals surface area contributed by atoms with E-state index in [0.717, 1.165) is 31.6 Å². The fourth-order valence-electron chi connectivity index (χ4n) is 2.92. The normalized spacial score (nSPS) is 15.8. The van der Waals surface area contributed by atoms with E-state index in [9.17, 15) is 9.59 Å². The second kappa shape index (κ2) is 9.90. The minimum Gasteiger partial charge on any atom is -0.491 e. The molecule has 0 aliphatic carbocycles. The molecule has 2 aromatic rings. The summed E-state index contributed by atoms with van der Waals surface area (Å²) in [5, 5.41) is 5.65. The summed E-state index contributed by atoms with van der Waals surface area (Å²) in [4.78, 5) is 24.3. The van der Waals surface area contributed by atoms with Gasteiger partial charge in [-0.2, -0.15) is 0 Å². The first-order valence-corrected chi connectivity index (χ1v) is 9.70. The van der Waals surface area contributed by atoms with Gasteiger partial charge in [-0.1, -0.05) is 6.92 Å².